The summed E-state index contributed by atoms with van der Waals surface area (Å²) in [6.07, 6.45) is 1.99. The summed E-state index contributed by atoms with van der Waals surface area (Å²) in [7, 11) is 0. The molecule has 0 radical (unpaired) electrons. The molecule has 0 aliphatic carbocycles. The minimum Gasteiger partial charge on any atom is -0.369 e. The maximum Gasteiger partial charge on any atom is 0.238 e. The Kier molecular flexibility index (Phi) is 4.65. The maximum absolute atomic E-state index is 13.3. The van der Waals surface area contributed by atoms with Gasteiger partial charge in [-0.1, -0.05) is 6.07 Å². The molecule has 2 heterocycles. The van der Waals surface area contributed by atoms with Crippen LogP contribution >= 0.6 is 11.8 Å². The van der Waals surface area contributed by atoms with Crippen LogP contribution in [0, 0.1) is 5.82 Å². The van der Waals surface area contributed by atoms with Gasteiger partial charge in [0, 0.05) is 36.4 Å². The Bertz CT molecular complexity index is 507. The number of amides is 1. The second-order valence-corrected chi connectivity index (χ2v) is 6.58. The van der Waals surface area contributed by atoms with Crippen molar-refractivity contribution >= 4 is 23.4 Å². The standard InChI is InChI=1S/C15H20FN3OS/c16-11-3-1-5-13(7-11)19-6-2-4-12(8-19)18-15(20)14-9-21-10-17-14/h1,3,5,7,12,14,17H,2,4,6,8-10H2,(H,18,20). The molecule has 2 saturated heterocycles. The molecule has 2 aliphatic heterocycles. The molecule has 4 nitrogen and oxygen atoms in total. The topological polar surface area (TPSA) is 44.4 Å². The van der Waals surface area contributed by atoms with Crippen molar-refractivity contribution in [1.82, 2.24) is 10.6 Å². The minimum atomic E-state index is -0.217. The van der Waals surface area contributed by atoms with Gasteiger partial charge in [-0.15, -0.1) is 11.8 Å². The summed E-state index contributed by atoms with van der Waals surface area (Å²) in [5, 5.41) is 6.31. The summed E-state index contributed by atoms with van der Waals surface area (Å²) in [6.45, 7) is 1.66. The summed E-state index contributed by atoms with van der Waals surface area (Å²) in [4.78, 5) is 14.3. The fourth-order valence-corrected chi connectivity index (χ4v) is 3.81. The first kappa shape index (κ1) is 14.7. The van der Waals surface area contributed by atoms with Crippen LogP contribution in [0.3, 0.4) is 0 Å². The van der Waals surface area contributed by atoms with Gasteiger partial charge < -0.3 is 10.2 Å². The third-order valence-corrected chi connectivity index (χ3v) is 4.91. The molecule has 0 saturated carbocycles. The van der Waals surface area contributed by atoms with Crippen molar-refractivity contribution in [1.29, 1.82) is 0 Å². The number of nitrogens with zero attached hydrogens (tertiary/aromatic N) is 1. The van der Waals surface area contributed by atoms with Crippen LogP contribution in [0.25, 0.3) is 0 Å². The molecule has 2 fully saturated rings. The summed E-state index contributed by atoms with van der Waals surface area (Å²) in [5.74, 6) is 1.56. The second kappa shape index (κ2) is 6.66. The van der Waals surface area contributed by atoms with E-state index in [-0.39, 0.29) is 23.8 Å². The third kappa shape index (κ3) is 3.68. The molecule has 0 spiro atoms. The predicted molar refractivity (Wildman–Crippen MR) is 84.0 cm³/mol. The first-order valence-corrected chi connectivity index (χ1v) is 8.50. The first-order chi connectivity index (χ1) is 10.2. The lowest BCUT2D eigenvalue weighted by Crippen LogP contribution is -2.52. The smallest absolute Gasteiger partial charge is 0.238 e. The Hall–Kier alpha value is -1.27. The van der Waals surface area contributed by atoms with E-state index in [1.807, 2.05) is 6.07 Å². The van der Waals surface area contributed by atoms with Crippen LogP contribution in [-0.2, 0) is 4.79 Å². The molecule has 2 unspecified atom stereocenters. The van der Waals surface area contributed by atoms with Gasteiger partial charge in [-0.25, -0.2) is 4.39 Å². The molecule has 0 bridgehead atoms. The zero-order chi connectivity index (χ0) is 14.7. The zero-order valence-electron chi connectivity index (χ0n) is 11.8. The van der Waals surface area contributed by atoms with Crippen LogP contribution in [0.1, 0.15) is 12.8 Å². The number of carbonyl (C=O) groups excluding carboxylic acids is 1. The normalized spacial score (nSPS) is 25.9. The van der Waals surface area contributed by atoms with E-state index in [2.05, 4.69) is 15.5 Å². The first-order valence-electron chi connectivity index (χ1n) is 7.34. The number of hydrogen-bond donors (Lipinski definition) is 2. The molecular formula is C15H20FN3OS. The van der Waals surface area contributed by atoms with Gasteiger partial charge in [-0.05, 0) is 31.0 Å². The molecule has 2 aliphatic rings. The largest absolute Gasteiger partial charge is 0.369 e. The molecule has 1 amide bonds. The van der Waals surface area contributed by atoms with Crippen molar-refractivity contribution in [3.8, 4) is 0 Å². The lowest BCUT2D eigenvalue weighted by Gasteiger charge is -2.35. The Morgan fingerprint density at radius 2 is 2.38 bits per heavy atom. The van der Waals surface area contributed by atoms with Crippen LogP contribution in [0.5, 0.6) is 0 Å². The average molecular weight is 309 g/mol. The van der Waals surface area contributed by atoms with E-state index >= 15 is 0 Å². The fourth-order valence-electron chi connectivity index (χ4n) is 2.87. The van der Waals surface area contributed by atoms with Gasteiger partial charge in [0.05, 0.1) is 6.04 Å². The highest BCUT2D eigenvalue weighted by Gasteiger charge is 2.27. The molecule has 1 aromatic rings. The Labute approximate surface area is 128 Å². The molecule has 0 aromatic heterocycles. The molecule has 6 heteroatoms. The van der Waals surface area contributed by atoms with Crippen LogP contribution in [-0.4, -0.2) is 42.7 Å². The van der Waals surface area contributed by atoms with Crippen LogP contribution in [0.15, 0.2) is 24.3 Å². The lowest BCUT2D eigenvalue weighted by atomic mass is 10.0. The van der Waals surface area contributed by atoms with E-state index in [4.69, 9.17) is 0 Å². The number of halogens is 1. The van der Waals surface area contributed by atoms with E-state index in [1.165, 1.54) is 6.07 Å². The van der Waals surface area contributed by atoms with Crippen molar-refractivity contribution in [3.63, 3.8) is 0 Å². The summed E-state index contributed by atoms with van der Waals surface area (Å²) in [5.41, 5.74) is 0.892. The Morgan fingerprint density at radius 1 is 1.48 bits per heavy atom. The number of carbonyl (C=O) groups is 1. The SMILES string of the molecule is O=C(NC1CCCN(c2cccc(F)c2)C1)C1CSCN1. The fraction of sp³-hybridized carbons (Fsp3) is 0.533. The van der Waals surface area contributed by atoms with Gasteiger partial charge in [0.2, 0.25) is 5.91 Å². The van der Waals surface area contributed by atoms with Crippen LogP contribution in [0.4, 0.5) is 10.1 Å². The van der Waals surface area contributed by atoms with Crippen molar-refractivity contribution in [2.45, 2.75) is 24.9 Å². The summed E-state index contributed by atoms with van der Waals surface area (Å²) in [6, 6.07) is 6.73. The predicted octanol–water partition coefficient (Wildman–Crippen LogP) is 1.57. The number of anilines is 1. The number of nitrogens with one attached hydrogen (secondary N) is 2. The van der Waals surface area contributed by atoms with Gasteiger partial charge in [0.15, 0.2) is 0 Å². The maximum atomic E-state index is 13.3. The summed E-state index contributed by atoms with van der Waals surface area (Å²) < 4.78 is 13.3. The van der Waals surface area contributed by atoms with Crippen molar-refractivity contribution in [3.05, 3.63) is 30.1 Å². The Morgan fingerprint density at radius 3 is 3.14 bits per heavy atom. The molecule has 2 N–H and O–H groups in total. The van der Waals surface area contributed by atoms with Gasteiger partial charge in [0.25, 0.3) is 0 Å². The molecule has 21 heavy (non-hydrogen) atoms. The number of rotatable bonds is 3. The van der Waals surface area contributed by atoms with Gasteiger partial charge in [-0.3, -0.25) is 10.1 Å². The molecule has 2 atom stereocenters. The minimum absolute atomic E-state index is 0.0699. The van der Waals surface area contributed by atoms with Crippen molar-refractivity contribution < 1.29 is 9.18 Å². The van der Waals surface area contributed by atoms with Gasteiger partial charge in [-0.2, -0.15) is 0 Å². The van der Waals surface area contributed by atoms with Gasteiger partial charge >= 0.3 is 0 Å². The highest BCUT2D eigenvalue weighted by molar-refractivity contribution is 7.99. The average Bonchev–Trinajstić information content (AvgIpc) is 3.02. The summed E-state index contributed by atoms with van der Waals surface area (Å²) >= 11 is 1.75. The Balaban J connectivity index is 1.59. The zero-order valence-corrected chi connectivity index (χ0v) is 12.7. The lowest BCUT2D eigenvalue weighted by molar-refractivity contribution is -0.123. The highest BCUT2D eigenvalue weighted by atomic mass is 32.2. The monoisotopic (exact) mass is 309 g/mol. The van der Waals surface area contributed by atoms with Crippen LogP contribution < -0.4 is 15.5 Å². The molecule has 114 valence electrons. The van der Waals surface area contributed by atoms with E-state index < -0.39 is 0 Å². The number of benzene rings is 1. The quantitative estimate of drug-likeness (QED) is 0.890. The van der Waals surface area contributed by atoms with E-state index in [0.717, 1.165) is 43.2 Å². The number of hydrogen-bond acceptors (Lipinski definition) is 4. The van der Waals surface area contributed by atoms with Crippen molar-refractivity contribution in [2.24, 2.45) is 0 Å². The third-order valence-electron chi connectivity index (χ3n) is 3.97. The van der Waals surface area contributed by atoms with E-state index in [1.54, 1.807) is 23.9 Å². The molecule has 3 rings (SSSR count). The van der Waals surface area contributed by atoms with E-state index in [9.17, 15) is 9.18 Å². The van der Waals surface area contributed by atoms with Crippen LogP contribution in [0.2, 0.25) is 0 Å². The molecule has 1 aromatic carbocycles. The van der Waals surface area contributed by atoms with Crippen molar-refractivity contribution in [2.75, 3.05) is 29.6 Å². The van der Waals surface area contributed by atoms with Gasteiger partial charge in [0.1, 0.15) is 5.82 Å². The van der Waals surface area contributed by atoms with E-state index in [0.29, 0.717) is 0 Å². The number of thioether (sulfide) groups is 1. The molecular weight excluding hydrogens is 289 g/mol. The highest BCUT2D eigenvalue weighted by Crippen LogP contribution is 2.21. The second-order valence-electron chi connectivity index (χ2n) is 5.55. The number of piperidine rings is 1.